The van der Waals surface area contributed by atoms with Crippen molar-refractivity contribution in [1.82, 2.24) is 5.16 Å². The quantitative estimate of drug-likeness (QED) is 0.620. The first kappa shape index (κ1) is 7.85. The zero-order chi connectivity index (χ0) is 8.27. The van der Waals surface area contributed by atoms with E-state index in [1.165, 1.54) is 0 Å². The highest BCUT2D eigenvalue weighted by molar-refractivity contribution is 5.28. The van der Waals surface area contributed by atoms with Gasteiger partial charge in [-0.3, -0.25) is 0 Å². The average molecular weight is 153 g/mol. The molecule has 0 radical (unpaired) electrons. The Bertz CT molecular complexity index is 253. The first-order chi connectivity index (χ1) is 5.29. The Balaban J connectivity index is 2.96. The predicted molar refractivity (Wildman–Crippen MR) is 41.7 cm³/mol. The van der Waals surface area contributed by atoms with Gasteiger partial charge in [-0.25, -0.2) is 0 Å². The van der Waals surface area contributed by atoms with E-state index >= 15 is 0 Å². The summed E-state index contributed by atoms with van der Waals surface area (Å²) >= 11 is 0. The molecule has 0 aromatic carbocycles. The molecule has 0 aliphatic heterocycles. The van der Waals surface area contributed by atoms with Gasteiger partial charge < -0.3 is 9.26 Å². The van der Waals surface area contributed by atoms with Gasteiger partial charge in [0.1, 0.15) is 0 Å². The van der Waals surface area contributed by atoms with Gasteiger partial charge in [-0.15, -0.1) is 6.58 Å². The monoisotopic (exact) mass is 153 g/mol. The molecule has 3 heteroatoms. The van der Waals surface area contributed by atoms with Crippen molar-refractivity contribution >= 4 is 0 Å². The summed E-state index contributed by atoms with van der Waals surface area (Å²) in [4.78, 5) is 0. The number of hydrogen-bond acceptors (Lipinski definition) is 3. The second kappa shape index (κ2) is 3.23. The molecule has 0 N–H and O–H groups in total. The fourth-order valence-electron chi connectivity index (χ4n) is 0.904. The molecule has 1 rings (SSSR count). The molecule has 60 valence electrons. The van der Waals surface area contributed by atoms with Crippen molar-refractivity contribution in [3.63, 3.8) is 0 Å². The lowest BCUT2D eigenvalue weighted by Gasteiger charge is -1.94. The SMILES string of the molecule is C=CCc1c(C)noc1OC. The van der Waals surface area contributed by atoms with Crippen LogP contribution in [0.15, 0.2) is 17.2 Å². The van der Waals surface area contributed by atoms with E-state index in [9.17, 15) is 0 Å². The van der Waals surface area contributed by atoms with Crippen LogP contribution in [0.3, 0.4) is 0 Å². The van der Waals surface area contributed by atoms with Crippen molar-refractivity contribution < 1.29 is 9.26 Å². The number of rotatable bonds is 3. The van der Waals surface area contributed by atoms with Crippen LogP contribution in [0.1, 0.15) is 11.3 Å². The summed E-state index contributed by atoms with van der Waals surface area (Å²) in [6.07, 6.45) is 2.53. The van der Waals surface area contributed by atoms with E-state index in [1.54, 1.807) is 13.2 Å². The molecule has 0 aliphatic rings. The standard InChI is InChI=1S/C8H11NO2/c1-4-5-7-6(2)9-11-8(7)10-3/h4H,1,5H2,2-3H3. The summed E-state index contributed by atoms with van der Waals surface area (Å²) in [7, 11) is 1.56. The average Bonchev–Trinajstić information content (AvgIpc) is 2.34. The predicted octanol–water partition coefficient (Wildman–Crippen LogP) is 1.72. The first-order valence-electron chi connectivity index (χ1n) is 3.39. The zero-order valence-electron chi connectivity index (χ0n) is 6.76. The molecule has 0 saturated heterocycles. The lowest BCUT2D eigenvalue weighted by atomic mass is 10.2. The maximum atomic E-state index is 4.94. The van der Waals surface area contributed by atoms with Crippen molar-refractivity contribution in [2.75, 3.05) is 7.11 Å². The third-order valence-electron chi connectivity index (χ3n) is 1.48. The summed E-state index contributed by atoms with van der Waals surface area (Å²) in [6.45, 7) is 5.51. The van der Waals surface area contributed by atoms with Gasteiger partial charge >= 0.3 is 5.95 Å². The van der Waals surface area contributed by atoms with E-state index in [2.05, 4.69) is 11.7 Å². The summed E-state index contributed by atoms with van der Waals surface area (Å²) < 4.78 is 9.82. The Labute approximate surface area is 65.6 Å². The Morgan fingerprint density at radius 3 is 3.00 bits per heavy atom. The van der Waals surface area contributed by atoms with Crippen molar-refractivity contribution in [2.45, 2.75) is 13.3 Å². The highest BCUT2D eigenvalue weighted by Gasteiger charge is 2.10. The molecule has 11 heavy (non-hydrogen) atoms. The molecule has 3 nitrogen and oxygen atoms in total. The molecule has 0 amide bonds. The van der Waals surface area contributed by atoms with Crippen molar-refractivity contribution in [2.24, 2.45) is 0 Å². The molecule has 0 spiro atoms. The van der Waals surface area contributed by atoms with Gasteiger partial charge in [0.25, 0.3) is 0 Å². The molecular weight excluding hydrogens is 142 g/mol. The van der Waals surface area contributed by atoms with Crippen LogP contribution in [0.2, 0.25) is 0 Å². The normalized spacial score (nSPS) is 9.64. The van der Waals surface area contributed by atoms with Crippen molar-refractivity contribution in [3.05, 3.63) is 23.9 Å². The number of hydrogen-bond donors (Lipinski definition) is 0. The van der Waals surface area contributed by atoms with Crippen LogP contribution >= 0.6 is 0 Å². The Morgan fingerprint density at radius 1 is 1.73 bits per heavy atom. The van der Waals surface area contributed by atoms with Crippen LogP contribution in [0, 0.1) is 6.92 Å². The Kier molecular flexibility index (Phi) is 2.31. The maximum absolute atomic E-state index is 4.94. The zero-order valence-corrected chi connectivity index (χ0v) is 6.76. The van der Waals surface area contributed by atoms with Gasteiger partial charge in [0, 0.05) is 0 Å². The van der Waals surface area contributed by atoms with Gasteiger partial charge in [-0.2, -0.15) is 0 Å². The fourth-order valence-corrected chi connectivity index (χ4v) is 0.904. The van der Waals surface area contributed by atoms with Gasteiger partial charge in [0.15, 0.2) is 0 Å². The van der Waals surface area contributed by atoms with Gasteiger partial charge in [-0.1, -0.05) is 11.2 Å². The van der Waals surface area contributed by atoms with Crippen LogP contribution in [-0.2, 0) is 6.42 Å². The highest BCUT2D eigenvalue weighted by Crippen LogP contribution is 2.21. The molecule has 0 bridgehead atoms. The molecule has 0 unspecified atom stereocenters. The molecule has 0 saturated carbocycles. The highest BCUT2D eigenvalue weighted by atomic mass is 16.6. The largest absolute Gasteiger partial charge is 0.467 e. The molecule has 0 fully saturated rings. The maximum Gasteiger partial charge on any atom is 0.314 e. The van der Waals surface area contributed by atoms with Crippen molar-refractivity contribution in [1.29, 1.82) is 0 Å². The Morgan fingerprint density at radius 2 is 2.45 bits per heavy atom. The summed E-state index contributed by atoms with van der Waals surface area (Å²) in [5, 5.41) is 3.76. The molecule has 1 aromatic heterocycles. The number of nitrogens with zero attached hydrogens (tertiary/aromatic N) is 1. The number of allylic oxidation sites excluding steroid dienone is 1. The molecular formula is C8H11NO2. The van der Waals surface area contributed by atoms with Gasteiger partial charge in [0.05, 0.1) is 18.4 Å². The van der Waals surface area contributed by atoms with Crippen LogP contribution in [0.25, 0.3) is 0 Å². The minimum atomic E-state index is 0.488. The van der Waals surface area contributed by atoms with Crippen LogP contribution < -0.4 is 4.74 Å². The lowest BCUT2D eigenvalue weighted by Crippen LogP contribution is -1.87. The molecule has 1 aromatic rings. The second-order valence-corrected chi connectivity index (χ2v) is 2.23. The molecule has 1 heterocycles. The number of methoxy groups -OCH3 is 1. The van der Waals surface area contributed by atoms with E-state index in [4.69, 9.17) is 9.26 Å². The first-order valence-corrected chi connectivity index (χ1v) is 3.39. The minimum absolute atomic E-state index is 0.488. The van der Waals surface area contributed by atoms with Crippen LogP contribution in [0.4, 0.5) is 0 Å². The third-order valence-corrected chi connectivity index (χ3v) is 1.48. The molecule has 0 atom stereocenters. The van der Waals surface area contributed by atoms with E-state index in [-0.39, 0.29) is 0 Å². The number of ether oxygens (including phenoxy) is 1. The molecule has 0 aliphatic carbocycles. The topological polar surface area (TPSA) is 35.3 Å². The second-order valence-electron chi connectivity index (χ2n) is 2.23. The van der Waals surface area contributed by atoms with Gasteiger partial charge in [-0.05, 0) is 13.3 Å². The van der Waals surface area contributed by atoms with E-state index in [1.807, 2.05) is 6.92 Å². The summed E-state index contributed by atoms with van der Waals surface area (Å²) in [6, 6.07) is 0. The van der Waals surface area contributed by atoms with E-state index in [0.717, 1.165) is 17.7 Å². The van der Waals surface area contributed by atoms with E-state index in [0.29, 0.717) is 5.95 Å². The smallest absolute Gasteiger partial charge is 0.314 e. The van der Waals surface area contributed by atoms with Crippen molar-refractivity contribution in [3.8, 4) is 5.95 Å². The fraction of sp³-hybridized carbons (Fsp3) is 0.375. The van der Waals surface area contributed by atoms with Gasteiger partial charge in [0.2, 0.25) is 0 Å². The van der Waals surface area contributed by atoms with Crippen LogP contribution in [0.5, 0.6) is 5.95 Å². The third kappa shape index (κ3) is 1.42. The lowest BCUT2D eigenvalue weighted by molar-refractivity contribution is 0.258. The summed E-state index contributed by atoms with van der Waals surface area (Å²) in [5.74, 6) is 0.488. The Hall–Kier alpha value is -1.25. The van der Waals surface area contributed by atoms with E-state index < -0.39 is 0 Å². The summed E-state index contributed by atoms with van der Waals surface area (Å²) in [5.41, 5.74) is 1.84. The minimum Gasteiger partial charge on any atom is -0.467 e. The number of aryl methyl sites for hydroxylation is 1. The number of aromatic nitrogens is 1. The van der Waals surface area contributed by atoms with Crippen LogP contribution in [-0.4, -0.2) is 12.3 Å².